The van der Waals surface area contributed by atoms with Crippen molar-refractivity contribution in [3.63, 3.8) is 0 Å². The number of piperidine rings is 1. The molecule has 0 aliphatic carbocycles. The van der Waals surface area contributed by atoms with Gasteiger partial charge in [-0.15, -0.1) is 0 Å². The molecule has 180 valence electrons. The second-order valence-corrected chi connectivity index (χ2v) is 9.19. The Balaban J connectivity index is 1.78. The molecule has 0 atom stereocenters. The van der Waals surface area contributed by atoms with Gasteiger partial charge in [0.1, 0.15) is 35.3 Å². The van der Waals surface area contributed by atoms with Crippen molar-refractivity contribution in [1.82, 2.24) is 19.8 Å². The molecule has 2 aromatic rings. The number of hydrogen-bond acceptors (Lipinski definition) is 6. The van der Waals surface area contributed by atoms with Crippen LogP contribution in [0.4, 0.5) is 4.39 Å². The van der Waals surface area contributed by atoms with Gasteiger partial charge < -0.3 is 30.4 Å². The molecule has 1 aromatic carbocycles. The minimum Gasteiger partial charge on any atom is -0.491 e. The van der Waals surface area contributed by atoms with Crippen molar-refractivity contribution < 1.29 is 23.8 Å². The Morgan fingerprint density at radius 3 is 2.65 bits per heavy atom. The molecule has 0 bridgehead atoms. The van der Waals surface area contributed by atoms with Crippen molar-refractivity contribution in [3.8, 4) is 29.0 Å². The summed E-state index contributed by atoms with van der Waals surface area (Å²) in [6.07, 6.45) is 1.59. The van der Waals surface area contributed by atoms with E-state index in [-0.39, 0.29) is 47.7 Å². The van der Waals surface area contributed by atoms with Gasteiger partial charge in [0.15, 0.2) is 5.69 Å². The van der Waals surface area contributed by atoms with Gasteiger partial charge >= 0.3 is 0 Å². The molecular weight excluding hydrogens is 441 g/mol. The monoisotopic (exact) mass is 469 g/mol. The summed E-state index contributed by atoms with van der Waals surface area (Å²) in [6.45, 7) is 5.06. The van der Waals surface area contributed by atoms with E-state index < -0.39 is 23.2 Å². The summed E-state index contributed by atoms with van der Waals surface area (Å²) in [5, 5.41) is 12.9. The van der Waals surface area contributed by atoms with Crippen LogP contribution in [0.2, 0.25) is 0 Å². The van der Waals surface area contributed by atoms with Crippen molar-refractivity contribution in [3.05, 3.63) is 34.9 Å². The Labute approximate surface area is 197 Å². The number of fused-ring (bicyclic) bond motifs is 3. The maximum atomic E-state index is 14.7. The highest BCUT2D eigenvalue weighted by molar-refractivity contribution is 6.05. The van der Waals surface area contributed by atoms with Crippen LogP contribution in [0.3, 0.4) is 0 Å². The summed E-state index contributed by atoms with van der Waals surface area (Å²) < 4.78 is 22.0. The van der Waals surface area contributed by atoms with Crippen LogP contribution in [0, 0.1) is 17.7 Å². The fourth-order valence-corrected chi connectivity index (χ4v) is 4.10. The number of imidazole rings is 1. The fourth-order valence-electron chi connectivity index (χ4n) is 4.10. The highest BCUT2D eigenvalue weighted by atomic mass is 19.1. The summed E-state index contributed by atoms with van der Waals surface area (Å²) in [7, 11) is 2.03. The van der Waals surface area contributed by atoms with E-state index in [1.165, 1.54) is 26.0 Å². The SMILES string of the molecule is CN1CCC(NC(=O)c2c(C(N)=O)nc3n2CCOc2cc(F)c(C#CC(C)(C)O)cc2-3)CC1. The number of hydrogen-bond donors (Lipinski definition) is 3. The molecule has 9 nitrogen and oxygen atoms in total. The van der Waals surface area contributed by atoms with Crippen molar-refractivity contribution >= 4 is 11.8 Å². The van der Waals surface area contributed by atoms with Gasteiger partial charge in [0.05, 0.1) is 17.7 Å². The number of carbonyl (C=O) groups excluding carboxylic acids is 2. The first kappa shape index (κ1) is 23.7. The molecule has 4 rings (SSSR count). The van der Waals surface area contributed by atoms with Crippen LogP contribution in [0.5, 0.6) is 5.75 Å². The second kappa shape index (κ2) is 9.08. The molecule has 0 unspecified atom stereocenters. The van der Waals surface area contributed by atoms with Crippen molar-refractivity contribution in [2.45, 2.75) is 44.9 Å². The van der Waals surface area contributed by atoms with E-state index >= 15 is 0 Å². The van der Waals surface area contributed by atoms with Crippen molar-refractivity contribution in [2.24, 2.45) is 5.73 Å². The lowest BCUT2D eigenvalue weighted by molar-refractivity contribution is 0.0894. The Bertz CT molecular complexity index is 1200. The largest absolute Gasteiger partial charge is 0.491 e. The molecular formula is C24H28FN5O4. The van der Waals surface area contributed by atoms with Gasteiger partial charge in [0, 0.05) is 12.1 Å². The molecule has 2 amide bonds. The third-order valence-corrected chi connectivity index (χ3v) is 5.86. The number of benzene rings is 1. The zero-order valence-electron chi connectivity index (χ0n) is 19.4. The van der Waals surface area contributed by atoms with Gasteiger partial charge in [0.25, 0.3) is 11.8 Å². The molecule has 3 heterocycles. The molecule has 34 heavy (non-hydrogen) atoms. The summed E-state index contributed by atoms with van der Waals surface area (Å²) in [6, 6.07) is 2.61. The number of aromatic nitrogens is 2. The first-order chi connectivity index (χ1) is 16.0. The van der Waals surface area contributed by atoms with E-state index in [1.807, 2.05) is 7.05 Å². The summed E-state index contributed by atoms with van der Waals surface area (Å²) in [5.74, 6) is 3.81. The zero-order valence-corrected chi connectivity index (χ0v) is 19.4. The van der Waals surface area contributed by atoms with Crippen LogP contribution in [-0.4, -0.2) is 69.8 Å². The number of amides is 2. The first-order valence-electron chi connectivity index (χ1n) is 11.2. The highest BCUT2D eigenvalue weighted by Crippen LogP contribution is 2.35. The lowest BCUT2D eigenvalue weighted by Gasteiger charge is -2.29. The first-order valence-corrected chi connectivity index (χ1v) is 11.2. The molecule has 1 fully saturated rings. The van der Waals surface area contributed by atoms with Gasteiger partial charge in [0.2, 0.25) is 0 Å². The van der Waals surface area contributed by atoms with Crippen LogP contribution in [0.25, 0.3) is 11.4 Å². The average Bonchev–Trinajstić information content (AvgIpc) is 3.05. The molecule has 2 aliphatic rings. The second-order valence-electron chi connectivity index (χ2n) is 9.19. The van der Waals surface area contributed by atoms with Crippen LogP contribution in [-0.2, 0) is 6.54 Å². The third-order valence-electron chi connectivity index (χ3n) is 5.86. The van der Waals surface area contributed by atoms with Crippen molar-refractivity contribution in [2.75, 3.05) is 26.7 Å². The molecule has 2 aliphatic heterocycles. The maximum absolute atomic E-state index is 14.7. The molecule has 0 saturated carbocycles. The lowest BCUT2D eigenvalue weighted by atomic mass is 10.1. The van der Waals surface area contributed by atoms with Crippen LogP contribution >= 0.6 is 0 Å². The van der Waals surface area contributed by atoms with Crippen LogP contribution in [0.15, 0.2) is 12.1 Å². The van der Waals surface area contributed by atoms with E-state index in [9.17, 15) is 19.1 Å². The third kappa shape index (κ3) is 4.90. The van der Waals surface area contributed by atoms with E-state index in [0.29, 0.717) is 5.56 Å². The van der Waals surface area contributed by atoms with Gasteiger partial charge in [-0.25, -0.2) is 9.37 Å². The Kier molecular flexibility index (Phi) is 6.34. The number of carbonyl (C=O) groups is 2. The predicted octanol–water partition coefficient (Wildman–Crippen LogP) is 1.13. The Hall–Kier alpha value is -3.42. The fraction of sp³-hybridized carbons (Fsp3) is 0.458. The highest BCUT2D eigenvalue weighted by Gasteiger charge is 2.31. The van der Waals surface area contributed by atoms with E-state index in [4.69, 9.17) is 10.5 Å². The normalized spacial score (nSPS) is 16.4. The minimum atomic E-state index is -1.31. The van der Waals surface area contributed by atoms with Gasteiger partial charge in [-0.1, -0.05) is 11.8 Å². The van der Waals surface area contributed by atoms with Crippen molar-refractivity contribution in [1.29, 1.82) is 0 Å². The number of aliphatic hydroxyl groups is 1. The quantitative estimate of drug-likeness (QED) is 0.579. The standard InChI is InChI=1S/C24H28FN5O4/c1-24(2,33)7-4-14-12-16-18(13-17(14)25)34-11-10-30-20(19(21(26)31)28-22(16)30)23(32)27-15-5-8-29(3)9-6-15/h12-13,15,33H,5-6,8-11H2,1-3H3,(H2,26,31)(H,27,32). The average molecular weight is 470 g/mol. The Morgan fingerprint density at radius 1 is 1.29 bits per heavy atom. The zero-order chi connectivity index (χ0) is 24.6. The summed E-state index contributed by atoms with van der Waals surface area (Å²) in [5.41, 5.74) is 4.58. The molecule has 10 heteroatoms. The number of primary amides is 1. The number of nitrogens with two attached hydrogens (primary N) is 1. The molecule has 1 aromatic heterocycles. The number of nitrogens with zero attached hydrogens (tertiary/aromatic N) is 3. The van der Waals surface area contributed by atoms with E-state index in [0.717, 1.165) is 25.9 Å². The van der Waals surface area contributed by atoms with Gasteiger partial charge in [-0.05, 0) is 52.9 Å². The van der Waals surface area contributed by atoms with E-state index in [1.54, 1.807) is 4.57 Å². The number of ether oxygens (including phenoxy) is 1. The Morgan fingerprint density at radius 2 is 2.00 bits per heavy atom. The molecule has 4 N–H and O–H groups in total. The number of halogens is 1. The molecule has 1 saturated heterocycles. The van der Waals surface area contributed by atoms with Crippen LogP contribution < -0.4 is 15.8 Å². The number of likely N-dealkylation sites (tertiary alicyclic amines) is 1. The summed E-state index contributed by atoms with van der Waals surface area (Å²) >= 11 is 0. The van der Waals surface area contributed by atoms with Crippen LogP contribution in [0.1, 0.15) is 53.2 Å². The number of rotatable bonds is 3. The summed E-state index contributed by atoms with van der Waals surface area (Å²) in [4.78, 5) is 32.1. The molecule has 0 radical (unpaired) electrons. The lowest BCUT2D eigenvalue weighted by Crippen LogP contribution is -2.44. The van der Waals surface area contributed by atoms with Gasteiger partial charge in [-0.2, -0.15) is 0 Å². The van der Waals surface area contributed by atoms with E-state index in [2.05, 4.69) is 27.0 Å². The minimum absolute atomic E-state index is 0.0253. The number of nitrogens with one attached hydrogen (secondary N) is 1. The topological polar surface area (TPSA) is 123 Å². The van der Waals surface area contributed by atoms with Gasteiger partial charge in [-0.3, -0.25) is 9.59 Å². The smallest absolute Gasteiger partial charge is 0.270 e. The maximum Gasteiger partial charge on any atom is 0.270 e. The predicted molar refractivity (Wildman–Crippen MR) is 123 cm³/mol. The molecule has 0 spiro atoms.